The molecule has 2 saturated heterocycles. The van der Waals surface area contributed by atoms with Crippen LogP contribution in [0.5, 0.6) is 0 Å². The Hall–Kier alpha value is -0.610. The van der Waals surface area contributed by atoms with Gasteiger partial charge in [0.2, 0.25) is 0 Å². The molecule has 0 amide bonds. The first kappa shape index (κ1) is 13.8. The van der Waals surface area contributed by atoms with Gasteiger partial charge >= 0.3 is 5.97 Å². The van der Waals surface area contributed by atoms with Crippen LogP contribution in [0.4, 0.5) is 0 Å². The fourth-order valence-electron chi connectivity index (χ4n) is 2.73. The Bertz CT molecular complexity index is 259. The molecule has 0 aliphatic carbocycles. The molecule has 2 aliphatic rings. The summed E-state index contributed by atoms with van der Waals surface area (Å²) < 4.78 is 5.25. The number of hydrogen-bond donors (Lipinski definition) is 1. The van der Waals surface area contributed by atoms with Crippen molar-refractivity contribution < 1.29 is 9.53 Å². The molecule has 2 aliphatic heterocycles. The van der Waals surface area contributed by atoms with E-state index in [1.807, 2.05) is 0 Å². The summed E-state index contributed by atoms with van der Waals surface area (Å²) in [6.45, 7) is 8.00. The van der Waals surface area contributed by atoms with Crippen LogP contribution < -0.4 is 5.32 Å². The Morgan fingerprint density at radius 1 is 1.33 bits per heavy atom. The number of unbranched alkanes of at least 4 members (excludes halogenated alkanes) is 1. The topological polar surface area (TPSA) is 41.6 Å². The van der Waals surface area contributed by atoms with Crippen molar-refractivity contribution in [2.24, 2.45) is 11.8 Å². The van der Waals surface area contributed by atoms with Crippen molar-refractivity contribution in [3.05, 3.63) is 0 Å². The van der Waals surface area contributed by atoms with E-state index in [4.69, 9.17) is 4.74 Å². The first-order chi connectivity index (χ1) is 8.79. The molecule has 2 heterocycles. The zero-order chi connectivity index (χ0) is 12.8. The minimum atomic E-state index is 0.0185. The van der Waals surface area contributed by atoms with Crippen molar-refractivity contribution in [3.8, 4) is 0 Å². The van der Waals surface area contributed by atoms with E-state index in [9.17, 15) is 4.79 Å². The third-order valence-electron chi connectivity index (χ3n) is 4.01. The van der Waals surface area contributed by atoms with E-state index < -0.39 is 0 Å². The summed E-state index contributed by atoms with van der Waals surface area (Å²) in [6.07, 6.45) is 4.63. The molecule has 2 fully saturated rings. The maximum Gasteiger partial charge on any atom is 0.311 e. The van der Waals surface area contributed by atoms with Gasteiger partial charge in [0.05, 0.1) is 12.5 Å². The highest BCUT2D eigenvalue weighted by atomic mass is 16.5. The maximum absolute atomic E-state index is 11.7. The van der Waals surface area contributed by atoms with E-state index in [2.05, 4.69) is 17.1 Å². The van der Waals surface area contributed by atoms with Crippen LogP contribution in [0.3, 0.4) is 0 Å². The van der Waals surface area contributed by atoms with E-state index in [-0.39, 0.29) is 11.9 Å². The van der Waals surface area contributed by atoms with Crippen molar-refractivity contribution >= 4 is 5.97 Å². The number of piperidine rings is 1. The van der Waals surface area contributed by atoms with Crippen LogP contribution in [0, 0.1) is 11.8 Å². The molecule has 4 nitrogen and oxygen atoms in total. The normalized spacial score (nSPS) is 22.7. The Morgan fingerprint density at radius 3 is 2.72 bits per heavy atom. The summed E-state index contributed by atoms with van der Waals surface area (Å²) in [5, 5.41) is 3.39. The van der Waals surface area contributed by atoms with Crippen molar-refractivity contribution in [3.63, 3.8) is 0 Å². The van der Waals surface area contributed by atoms with Crippen LogP contribution in [0.2, 0.25) is 0 Å². The van der Waals surface area contributed by atoms with Gasteiger partial charge in [-0.15, -0.1) is 0 Å². The lowest BCUT2D eigenvalue weighted by molar-refractivity contribution is -0.154. The van der Waals surface area contributed by atoms with E-state index in [1.165, 1.54) is 19.4 Å². The summed E-state index contributed by atoms with van der Waals surface area (Å²) in [6, 6.07) is 0. The number of nitrogens with zero attached hydrogens (tertiary/aromatic N) is 1. The van der Waals surface area contributed by atoms with Crippen LogP contribution in [-0.2, 0) is 9.53 Å². The molecule has 0 aromatic carbocycles. The fraction of sp³-hybridized carbons (Fsp3) is 0.929. The maximum atomic E-state index is 11.7. The van der Waals surface area contributed by atoms with Crippen molar-refractivity contribution in [1.82, 2.24) is 10.2 Å². The lowest BCUT2D eigenvalue weighted by Gasteiger charge is -2.40. The second-order valence-corrected chi connectivity index (χ2v) is 5.63. The minimum absolute atomic E-state index is 0.0185. The van der Waals surface area contributed by atoms with Gasteiger partial charge in [0, 0.05) is 19.6 Å². The number of likely N-dealkylation sites (tertiary alicyclic amines) is 1. The lowest BCUT2D eigenvalue weighted by Crippen LogP contribution is -2.53. The summed E-state index contributed by atoms with van der Waals surface area (Å²) >= 11 is 0. The molecule has 2 rings (SSSR count). The summed E-state index contributed by atoms with van der Waals surface area (Å²) in [7, 11) is 0. The molecule has 18 heavy (non-hydrogen) atoms. The molecule has 0 aromatic rings. The summed E-state index contributed by atoms with van der Waals surface area (Å²) in [5.74, 6) is 0.983. The highest BCUT2D eigenvalue weighted by molar-refractivity contribution is 5.74. The number of ether oxygens (including phenoxy) is 1. The Labute approximate surface area is 110 Å². The van der Waals surface area contributed by atoms with Crippen LogP contribution in [0.1, 0.15) is 32.6 Å². The molecule has 1 N–H and O–H groups in total. The highest BCUT2D eigenvalue weighted by Crippen LogP contribution is 2.21. The number of nitrogens with one attached hydrogen (secondary N) is 1. The first-order valence-corrected chi connectivity index (χ1v) is 7.39. The van der Waals surface area contributed by atoms with Crippen LogP contribution in [-0.4, -0.2) is 50.2 Å². The zero-order valence-corrected chi connectivity index (χ0v) is 11.5. The average Bonchev–Trinajstić information content (AvgIpc) is 2.34. The average molecular weight is 254 g/mol. The smallest absolute Gasteiger partial charge is 0.311 e. The second kappa shape index (κ2) is 7.10. The quantitative estimate of drug-likeness (QED) is 0.572. The highest BCUT2D eigenvalue weighted by Gasteiger charge is 2.34. The van der Waals surface area contributed by atoms with E-state index in [0.717, 1.165) is 44.9 Å². The molecule has 104 valence electrons. The number of esters is 1. The molecule has 0 radical (unpaired) electrons. The van der Waals surface area contributed by atoms with Gasteiger partial charge in [-0.3, -0.25) is 4.79 Å². The lowest BCUT2D eigenvalue weighted by atomic mass is 9.93. The Morgan fingerprint density at radius 2 is 2.06 bits per heavy atom. The largest absolute Gasteiger partial charge is 0.465 e. The van der Waals surface area contributed by atoms with E-state index in [1.54, 1.807) is 0 Å². The van der Waals surface area contributed by atoms with Gasteiger partial charge in [-0.1, -0.05) is 13.3 Å². The van der Waals surface area contributed by atoms with Gasteiger partial charge < -0.3 is 15.0 Å². The number of hydrogen-bond acceptors (Lipinski definition) is 4. The minimum Gasteiger partial charge on any atom is -0.465 e. The molecule has 4 heteroatoms. The zero-order valence-electron chi connectivity index (χ0n) is 11.5. The van der Waals surface area contributed by atoms with E-state index >= 15 is 0 Å². The van der Waals surface area contributed by atoms with Gasteiger partial charge in [0.25, 0.3) is 0 Å². The van der Waals surface area contributed by atoms with Gasteiger partial charge in [-0.2, -0.15) is 0 Å². The summed E-state index contributed by atoms with van der Waals surface area (Å²) in [4.78, 5) is 14.1. The fourth-order valence-corrected chi connectivity index (χ4v) is 2.73. The van der Waals surface area contributed by atoms with Crippen LogP contribution in [0.25, 0.3) is 0 Å². The Balaban J connectivity index is 1.56. The van der Waals surface area contributed by atoms with Crippen molar-refractivity contribution in [2.45, 2.75) is 32.6 Å². The number of rotatable bonds is 6. The molecular formula is C14H26N2O2. The summed E-state index contributed by atoms with van der Waals surface area (Å²) in [5.41, 5.74) is 0. The molecule has 0 unspecified atom stereocenters. The third kappa shape index (κ3) is 3.95. The second-order valence-electron chi connectivity index (χ2n) is 5.63. The molecule has 0 atom stereocenters. The van der Waals surface area contributed by atoms with Crippen LogP contribution >= 0.6 is 0 Å². The predicted molar refractivity (Wildman–Crippen MR) is 71.4 cm³/mol. The SMILES string of the molecule is CCCCOC(=O)C1CN(CC2CCNCC2)C1. The number of carbonyl (C=O) groups excluding carboxylic acids is 1. The van der Waals surface area contributed by atoms with Crippen molar-refractivity contribution in [2.75, 3.05) is 39.3 Å². The molecular weight excluding hydrogens is 228 g/mol. The first-order valence-electron chi connectivity index (χ1n) is 7.39. The Kier molecular flexibility index (Phi) is 5.45. The van der Waals surface area contributed by atoms with Gasteiger partial charge in [-0.05, 0) is 38.3 Å². The van der Waals surface area contributed by atoms with Gasteiger partial charge in [-0.25, -0.2) is 0 Å². The molecule has 0 saturated carbocycles. The van der Waals surface area contributed by atoms with Gasteiger partial charge in [0.1, 0.15) is 0 Å². The standard InChI is InChI=1S/C14H26N2O2/c1-2-3-8-18-14(17)13-10-16(11-13)9-12-4-6-15-7-5-12/h12-13,15H,2-11H2,1H3. The molecule has 0 bridgehead atoms. The molecule has 0 aromatic heterocycles. The monoisotopic (exact) mass is 254 g/mol. The third-order valence-corrected chi connectivity index (χ3v) is 4.01. The van der Waals surface area contributed by atoms with E-state index in [0.29, 0.717) is 6.61 Å². The van der Waals surface area contributed by atoms with Gasteiger partial charge in [0.15, 0.2) is 0 Å². The number of carbonyl (C=O) groups is 1. The predicted octanol–water partition coefficient (Wildman–Crippen LogP) is 1.26. The molecule has 0 spiro atoms. The van der Waals surface area contributed by atoms with Crippen molar-refractivity contribution in [1.29, 1.82) is 0 Å². The van der Waals surface area contributed by atoms with Crippen LogP contribution in [0.15, 0.2) is 0 Å².